The molecule has 1 aliphatic heterocycles. The van der Waals surface area contributed by atoms with Gasteiger partial charge in [0, 0.05) is 38.6 Å². The maximum atomic E-state index is 13.5. The van der Waals surface area contributed by atoms with Gasteiger partial charge in [-0.1, -0.05) is 83.9 Å². The lowest BCUT2D eigenvalue weighted by Gasteiger charge is -2.22. The van der Waals surface area contributed by atoms with E-state index >= 15 is 0 Å². The third-order valence-electron chi connectivity index (χ3n) is 9.62. The van der Waals surface area contributed by atoms with Crippen LogP contribution in [0, 0.1) is 13.8 Å². The zero-order chi connectivity index (χ0) is 45.1. The van der Waals surface area contributed by atoms with Crippen LogP contribution in [0.4, 0.5) is 0 Å². The minimum Gasteiger partial charge on any atom is -0.497 e. The zero-order valence-corrected chi connectivity index (χ0v) is 38.3. The van der Waals surface area contributed by atoms with Crippen molar-refractivity contribution in [2.45, 2.75) is 95.3 Å². The van der Waals surface area contributed by atoms with E-state index in [1.54, 1.807) is 28.1 Å². The number of aromatic amines is 1. The van der Waals surface area contributed by atoms with Crippen molar-refractivity contribution in [2.24, 2.45) is 0 Å². The van der Waals surface area contributed by atoms with Crippen LogP contribution in [0.25, 0.3) is 0 Å². The average molecular weight is 887 g/mol. The Bertz CT molecular complexity index is 2510. The molecule has 62 heavy (non-hydrogen) atoms. The van der Waals surface area contributed by atoms with Crippen LogP contribution in [0.2, 0.25) is 0 Å². The molecule has 0 bridgehead atoms. The summed E-state index contributed by atoms with van der Waals surface area (Å²) in [5.74, 6) is 1.45. The summed E-state index contributed by atoms with van der Waals surface area (Å²) in [6, 6.07) is 30.4. The summed E-state index contributed by atoms with van der Waals surface area (Å²) >= 11 is 0. The number of sulfonamides is 2. The highest BCUT2D eigenvalue weighted by atomic mass is 32.2. The van der Waals surface area contributed by atoms with E-state index in [-0.39, 0.29) is 48.1 Å². The Morgan fingerprint density at radius 3 is 1.39 bits per heavy atom. The van der Waals surface area contributed by atoms with Gasteiger partial charge in [0.1, 0.15) is 21.3 Å². The van der Waals surface area contributed by atoms with Crippen molar-refractivity contribution in [1.82, 2.24) is 28.6 Å². The van der Waals surface area contributed by atoms with Crippen molar-refractivity contribution >= 4 is 20.0 Å². The van der Waals surface area contributed by atoms with Crippen LogP contribution >= 0.6 is 0 Å². The van der Waals surface area contributed by atoms with E-state index in [2.05, 4.69) is 29.1 Å². The Morgan fingerprint density at radius 2 is 1.06 bits per heavy atom. The Kier molecular flexibility index (Phi) is 15.9. The number of methoxy groups -OCH3 is 2. The number of rotatable bonds is 16. The third kappa shape index (κ3) is 14.4. The topological polar surface area (TPSA) is 172 Å². The molecule has 0 radical (unpaired) electrons. The summed E-state index contributed by atoms with van der Waals surface area (Å²) in [5.41, 5.74) is 5.04. The smallest absolute Gasteiger partial charge is 0.246 e. The molecule has 332 valence electrons. The molecule has 0 spiro atoms. The number of aromatic nitrogens is 4. The predicted octanol–water partition coefficient (Wildman–Crippen LogP) is 7.28. The van der Waals surface area contributed by atoms with Crippen LogP contribution < -0.4 is 9.47 Å². The summed E-state index contributed by atoms with van der Waals surface area (Å²) in [7, 11) is -4.30. The summed E-state index contributed by atoms with van der Waals surface area (Å²) in [4.78, 5) is 0.246. The highest BCUT2D eigenvalue weighted by Gasteiger charge is 2.32. The fraction of sp³-hybridized carbons (Fsp3) is 0.348. The molecule has 3 heterocycles. The van der Waals surface area contributed by atoms with E-state index in [0.717, 1.165) is 45.7 Å². The number of ether oxygens (including phenoxy) is 3. The third-order valence-corrected chi connectivity index (χ3v) is 13.1. The fourth-order valence-corrected chi connectivity index (χ4v) is 8.59. The normalized spacial score (nSPS) is 13.5. The molecule has 16 heteroatoms. The molecule has 2 N–H and O–H groups in total. The Labute approximate surface area is 366 Å². The summed E-state index contributed by atoms with van der Waals surface area (Å²) in [6.07, 6.45) is 5.51. The summed E-state index contributed by atoms with van der Waals surface area (Å²) < 4.78 is 72.6. The SMILES string of the molecule is CC1(C)CO1.COc1ccc(CN(Cc2ccc(C)cc2)S(=O)(=O)c2cn[nH]c2)cc1.COc1ccc(CN(Cc2ccc(C)cc2)S(=O)(=O)c2cnn(CC(C)(C)O)c2)cc1. The first-order chi connectivity index (χ1) is 29.3. The van der Waals surface area contributed by atoms with Crippen LogP contribution in [-0.2, 0) is 57.5 Å². The van der Waals surface area contributed by atoms with Gasteiger partial charge in [-0.25, -0.2) is 16.8 Å². The highest BCUT2D eigenvalue weighted by Crippen LogP contribution is 2.25. The van der Waals surface area contributed by atoms with Gasteiger partial charge in [0.2, 0.25) is 20.0 Å². The number of nitrogens with one attached hydrogen (secondary N) is 1. The largest absolute Gasteiger partial charge is 0.497 e. The lowest BCUT2D eigenvalue weighted by Crippen LogP contribution is -2.30. The van der Waals surface area contributed by atoms with Gasteiger partial charge in [-0.05, 0) is 88.1 Å². The summed E-state index contributed by atoms with van der Waals surface area (Å²) in [6.45, 7) is 13.6. The van der Waals surface area contributed by atoms with E-state index in [4.69, 9.17) is 14.2 Å². The van der Waals surface area contributed by atoms with Crippen molar-refractivity contribution < 1.29 is 36.2 Å². The lowest BCUT2D eigenvalue weighted by molar-refractivity contribution is 0.0576. The van der Waals surface area contributed by atoms with Gasteiger partial charge in [-0.2, -0.15) is 18.8 Å². The number of epoxide rings is 1. The second-order valence-corrected chi connectivity index (χ2v) is 20.3. The van der Waals surface area contributed by atoms with E-state index in [1.807, 2.05) is 111 Å². The molecule has 0 unspecified atom stereocenters. The maximum absolute atomic E-state index is 13.5. The maximum Gasteiger partial charge on any atom is 0.246 e. The zero-order valence-electron chi connectivity index (χ0n) is 36.6. The van der Waals surface area contributed by atoms with E-state index < -0.39 is 25.6 Å². The molecule has 0 atom stereocenters. The number of aliphatic hydroxyl groups is 1. The van der Waals surface area contributed by atoms with Gasteiger partial charge in [0.25, 0.3) is 0 Å². The number of nitrogens with zero attached hydrogens (tertiary/aromatic N) is 5. The van der Waals surface area contributed by atoms with Crippen molar-refractivity contribution in [1.29, 1.82) is 0 Å². The molecule has 6 aromatic rings. The van der Waals surface area contributed by atoms with Crippen LogP contribution in [0.1, 0.15) is 61.1 Å². The van der Waals surface area contributed by atoms with Gasteiger partial charge in [0.15, 0.2) is 0 Å². The quantitative estimate of drug-likeness (QED) is 0.0942. The van der Waals surface area contributed by atoms with Crippen LogP contribution in [0.5, 0.6) is 11.5 Å². The van der Waals surface area contributed by atoms with Crippen molar-refractivity contribution in [3.63, 3.8) is 0 Å². The average Bonchev–Trinajstić information content (AvgIpc) is 3.59. The summed E-state index contributed by atoms with van der Waals surface area (Å²) in [5, 5.41) is 20.5. The van der Waals surface area contributed by atoms with Gasteiger partial charge in [0.05, 0.1) is 51.0 Å². The van der Waals surface area contributed by atoms with E-state index in [0.29, 0.717) is 5.75 Å². The molecule has 1 saturated heterocycles. The van der Waals surface area contributed by atoms with Crippen LogP contribution in [0.3, 0.4) is 0 Å². The first-order valence-electron chi connectivity index (χ1n) is 20.0. The Hall–Kier alpha value is -5.36. The Balaban J connectivity index is 0.000000212. The molecule has 0 aliphatic carbocycles. The monoisotopic (exact) mass is 886 g/mol. The minimum absolute atomic E-state index is 0.0948. The molecule has 1 fully saturated rings. The molecule has 4 aromatic carbocycles. The van der Waals surface area contributed by atoms with Crippen LogP contribution in [0.15, 0.2) is 132 Å². The van der Waals surface area contributed by atoms with Crippen molar-refractivity contribution in [3.8, 4) is 11.5 Å². The highest BCUT2D eigenvalue weighted by molar-refractivity contribution is 7.89. The molecule has 1 aliphatic rings. The van der Waals surface area contributed by atoms with Gasteiger partial charge >= 0.3 is 0 Å². The molecular formula is C46H58N6O8S2. The standard InChI is InChI=1S/C23H29N3O4S.C19H21N3O3S.C4H8O/c1-18-5-7-19(8-6-18)14-26(15-20-9-11-21(30-4)12-10-20)31(28,29)22-13-24-25(16-22)17-23(2,3)27;1-15-3-5-16(6-4-15)13-22(26(23,24)19-11-20-21-12-19)14-17-7-9-18(25-2)10-8-17;1-4(2)3-5-4/h5-13,16,27H,14-15,17H2,1-4H3;3-12H,13-14H2,1-2H3,(H,20,21);3H2,1-2H3. The van der Waals surface area contributed by atoms with Crippen molar-refractivity contribution in [2.75, 3.05) is 20.8 Å². The lowest BCUT2D eigenvalue weighted by atomic mass is 10.1. The predicted molar refractivity (Wildman–Crippen MR) is 238 cm³/mol. The molecule has 0 saturated carbocycles. The van der Waals surface area contributed by atoms with Gasteiger partial charge < -0.3 is 19.3 Å². The number of hydrogen-bond donors (Lipinski definition) is 2. The van der Waals surface area contributed by atoms with E-state index in [9.17, 15) is 21.9 Å². The Morgan fingerprint density at radius 1 is 0.694 bits per heavy atom. The van der Waals surface area contributed by atoms with Crippen molar-refractivity contribution in [3.05, 3.63) is 155 Å². The van der Waals surface area contributed by atoms with Gasteiger partial charge in [-0.3, -0.25) is 9.78 Å². The number of hydrogen-bond acceptors (Lipinski definition) is 10. The molecule has 2 aromatic heterocycles. The molecule has 7 rings (SSSR count). The fourth-order valence-electron chi connectivity index (χ4n) is 5.90. The second kappa shape index (κ2) is 20.7. The van der Waals surface area contributed by atoms with Gasteiger partial charge in [-0.15, -0.1) is 0 Å². The second-order valence-electron chi connectivity index (χ2n) is 16.4. The molecular weight excluding hydrogens is 829 g/mol. The van der Waals surface area contributed by atoms with Crippen LogP contribution in [-0.4, -0.2) is 82.6 Å². The number of H-pyrrole nitrogens is 1. The minimum atomic E-state index is -3.82. The number of benzene rings is 4. The first kappa shape index (κ1) is 47.7. The molecule has 14 nitrogen and oxygen atoms in total. The number of aryl methyl sites for hydroxylation is 2. The van der Waals surface area contributed by atoms with E-state index in [1.165, 1.54) is 38.1 Å². The first-order valence-corrected chi connectivity index (χ1v) is 22.9. The molecule has 0 amide bonds.